The summed E-state index contributed by atoms with van der Waals surface area (Å²) in [5.74, 6) is 0. The highest BCUT2D eigenvalue weighted by Gasteiger charge is 2.14. The summed E-state index contributed by atoms with van der Waals surface area (Å²) in [4.78, 5) is 0. The Balaban J connectivity index is 1.51. The molecule has 0 amide bonds. The maximum absolute atomic E-state index is 6.13. The first-order valence-corrected chi connectivity index (χ1v) is 8.27. The summed E-state index contributed by atoms with van der Waals surface area (Å²) in [7, 11) is 0. The van der Waals surface area contributed by atoms with Gasteiger partial charge >= 0.3 is 0 Å². The van der Waals surface area contributed by atoms with E-state index >= 15 is 0 Å². The molecule has 1 aromatic rings. The lowest BCUT2D eigenvalue weighted by Crippen LogP contribution is -2.19. The van der Waals surface area contributed by atoms with Gasteiger partial charge in [-0.25, -0.2) is 0 Å². The van der Waals surface area contributed by atoms with Gasteiger partial charge in [0.2, 0.25) is 0 Å². The van der Waals surface area contributed by atoms with Crippen molar-refractivity contribution >= 4 is 27.5 Å². The molecular formula is C15H21BrClNO2. The van der Waals surface area contributed by atoms with Crippen LogP contribution in [0, 0.1) is 0 Å². The summed E-state index contributed by atoms with van der Waals surface area (Å²) < 4.78 is 12.2. The molecule has 1 aliphatic heterocycles. The van der Waals surface area contributed by atoms with Crippen LogP contribution in [0.1, 0.15) is 24.8 Å². The van der Waals surface area contributed by atoms with E-state index in [0.29, 0.717) is 6.10 Å². The SMILES string of the molecule is Clc1ccc(Br)cc1CNCCCOCC1CCCO1. The Morgan fingerprint density at radius 3 is 3.15 bits per heavy atom. The van der Waals surface area contributed by atoms with Gasteiger partial charge in [0.1, 0.15) is 0 Å². The molecule has 1 fully saturated rings. The van der Waals surface area contributed by atoms with Gasteiger partial charge in [-0.2, -0.15) is 0 Å². The number of benzene rings is 1. The zero-order valence-electron chi connectivity index (χ0n) is 11.5. The number of hydrogen-bond donors (Lipinski definition) is 1. The van der Waals surface area contributed by atoms with Crippen molar-refractivity contribution in [2.75, 3.05) is 26.4 Å². The number of halogens is 2. The van der Waals surface area contributed by atoms with Gasteiger partial charge in [-0.1, -0.05) is 27.5 Å². The highest BCUT2D eigenvalue weighted by Crippen LogP contribution is 2.20. The smallest absolute Gasteiger partial charge is 0.0809 e. The molecule has 0 saturated carbocycles. The summed E-state index contributed by atoms with van der Waals surface area (Å²) in [6.45, 7) is 4.11. The molecule has 3 nitrogen and oxygen atoms in total. The van der Waals surface area contributed by atoms with Gasteiger partial charge in [0.25, 0.3) is 0 Å². The maximum Gasteiger partial charge on any atom is 0.0809 e. The van der Waals surface area contributed by atoms with Crippen molar-refractivity contribution in [2.24, 2.45) is 0 Å². The van der Waals surface area contributed by atoms with Crippen LogP contribution in [0.5, 0.6) is 0 Å². The molecule has 1 N–H and O–H groups in total. The standard InChI is InChI=1S/C15H21BrClNO2/c16-13-4-5-15(17)12(9-13)10-18-6-2-7-19-11-14-3-1-8-20-14/h4-5,9,14,18H,1-3,6-8,10-11H2. The van der Waals surface area contributed by atoms with Gasteiger partial charge in [0.05, 0.1) is 12.7 Å². The summed E-state index contributed by atoms with van der Waals surface area (Å²) in [5, 5.41) is 4.18. The van der Waals surface area contributed by atoms with Gasteiger partial charge in [-0.15, -0.1) is 0 Å². The zero-order valence-corrected chi connectivity index (χ0v) is 13.9. The molecule has 1 aliphatic rings. The van der Waals surface area contributed by atoms with Crippen molar-refractivity contribution in [2.45, 2.75) is 31.9 Å². The van der Waals surface area contributed by atoms with Crippen LogP contribution in [-0.2, 0) is 16.0 Å². The molecule has 1 unspecified atom stereocenters. The van der Waals surface area contributed by atoms with Crippen LogP contribution in [0.3, 0.4) is 0 Å². The molecule has 1 heterocycles. The van der Waals surface area contributed by atoms with Crippen molar-refractivity contribution in [3.63, 3.8) is 0 Å². The number of rotatable bonds is 8. The molecule has 0 aliphatic carbocycles. The molecule has 0 bridgehead atoms. The largest absolute Gasteiger partial charge is 0.379 e. The second kappa shape index (κ2) is 9.00. The quantitative estimate of drug-likeness (QED) is 0.714. The minimum Gasteiger partial charge on any atom is -0.379 e. The Morgan fingerprint density at radius 2 is 2.35 bits per heavy atom. The van der Waals surface area contributed by atoms with Crippen LogP contribution in [0.25, 0.3) is 0 Å². The molecule has 0 aromatic heterocycles. The van der Waals surface area contributed by atoms with Crippen LogP contribution >= 0.6 is 27.5 Å². The van der Waals surface area contributed by atoms with E-state index in [1.54, 1.807) is 0 Å². The van der Waals surface area contributed by atoms with E-state index in [1.807, 2.05) is 18.2 Å². The van der Waals surface area contributed by atoms with Gasteiger partial charge in [0.15, 0.2) is 0 Å². The van der Waals surface area contributed by atoms with Crippen molar-refractivity contribution in [3.8, 4) is 0 Å². The first-order valence-electron chi connectivity index (χ1n) is 7.09. The normalized spacial score (nSPS) is 18.6. The van der Waals surface area contributed by atoms with Gasteiger partial charge in [0, 0.05) is 29.3 Å². The molecule has 5 heteroatoms. The average Bonchev–Trinajstić information content (AvgIpc) is 2.94. The monoisotopic (exact) mass is 361 g/mol. The lowest BCUT2D eigenvalue weighted by molar-refractivity contribution is 0.0166. The van der Waals surface area contributed by atoms with E-state index in [0.717, 1.165) is 60.8 Å². The van der Waals surface area contributed by atoms with E-state index in [2.05, 4.69) is 21.2 Å². The second-order valence-corrected chi connectivity index (χ2v) is 6.30. The fourth-order valence-electron chi connectivity index (χ4n) is 2.19. The summed E-state index contributed by atoms with van der Waals surface area (Å²) in [5.41, 5.74) is 1.11. The molecule has 0 spiro atoms. The first-order chi connectivity index (χ1) is 9.75. The van der Waals surface area contributed by atoms with Crippen molar-refractivity contribution in [1.82, 2.24) is 5.32 Å². The second-order valence-electron chi connectivity index (χ2n) is 4.98. The summed E-state index contributed by atoms with van der Waals surface area (Å²) in [6.07, 6.45) is 3.63. The number of hydrogen-bond acceptors (Lipinski definition) is 3. The highest BCUT2D eigenvalue weighted by molar-refractivity contribution is 9.10. The summed E-state index contributed by atoms with van der Waals surface area (Å²) in [6, 6.07) is 5.90. The number of ether oxygens (including phenoxy) is 2. The van der Waals surface area contributed by atoms with Crippen LogP contribution < -0.4 is 5.32 Å². The maximum atomic E-state index is 6.13. The topological polar surface area (TPSA) is 30.5 Å². The van der Waals surface area contributed by atoms with E-state index in [4.69, 9.17) is 21.1 Å². The lowest BCUT2D eigenvalue weighted by atomic mass is 10.2. The predicted molar refractivity (Wildman–Crippen MR) is 85.3 cm³/mol. The van der Waals surface area contributed by atoms with Crippen LogP contribution in [0.15, 0.2) is 22.7 Å². The third kappa shape index (κ3) is 5.70. The highest BCUT2D eigenvalue weighted by atomic mass is 79.9. The van der Waals surface area contributed by atoms with Crippen molar-refractivity contribution in [3.05, 3.63) is 33.3 Å². The molecule has 2 rings (SSSR count). The Hall–Kier alpha value is -0.130. The average molecular weight is 363 g/mol. The fraction of sp³-hybridized carbons (Fsp3) is 0.600. The molecule has 1 aromatic carbocycles. The Morgan fingerprint density at radius 1 is 1.45 bits per heavy atom. The van der Waals surface area contributed by atoms with E-state index in [-0.39, 0.29) is 0 Å². The summed E-state index contributed by atoms with van der Waals surface area (Å²) >= 11 is 9.59. The van der Waals surface area contributed by atoms with Gasteiger partial charge in [-0.3, -0.25) is 0 Å². The molecule has 20 heavy (non-hydrogen) atoms. The first kappa shape index (κ1) is 16.2. The van der Waals surface area contributed by atoms with Crippen LogP contribution in [-0.4, -0.2) is 32.5 Å². The molecule has 0 radical (unpaired) electrons. The van der Waals surface area contributed by atoms with Gasteiger partial charge in [-0.05, 0) is 49.6 Å². The van der Waals surface area contributed by atoms with E-state index < -0.39 is 0 Å². The minimum absolute atomic E-state index is 0.323. The van der Waals surface area contributed by atoms with Crippen LogP contribution in [0.4, 0.5) is 0 Å². The number of nitrogens with one attached hydrogen (secondary N) is 1. The third-order valence-electron chi connectivity index (χ3n) is 3.29. The van der Waals surface area contributed by atoms with E-state index in [1.165, 1.54) is 6.42 Å². The van der Waals surface area contributed by atoms with Gasteiger partial charge < -0.3 is 14.8 Å². The minimum atomic E-state index is 0.323. The Labute approximate surface area is 134 Å². The fourth-order valence-corrected chi connectivity index (χ4v) is 2.78. The predicted octanol–water partition coefficient (Wildman–Crippen LogP) is 3.78. The Kier molecular flexibility index (Phi) is 7.31. The zero-order chi connectivity index (χ0) is 14.2. The molecular weight excluding hydrogens is 342 g/mol. The van der Waals surface area contributed by atoms with Crippen LogP contribution in [0.2, 0.25) is 5.02 Å². The Bertz CT molecular complexity index is 411. The molecule has 1 saturated heterocycles. The molecule has 112 valence electrons. The van der Waals surface area contributed by atoms with E-state index in [9.17, 15) is 0 Å². The van der Waals surface area contributed by atoms with Crippen molar-refractivity contribution in [1.29, 1.82) is 0 Å². The van der Waals surface area contributed by atoms with Crippen molar-refractivity contribution < 1.29 is 9.47 Å². The lowest BCUT2D eigenvalue weighted by Gasteiger charge is -2.10. The third-order valence-corrected chi connectivity index (χ3v) is 4.16. The molecule has 1 atom stereocenters.